The molecule has 0 fully saturated rings. The van der Waals surface area contributed by atoms with Crippen molar-refractivity contribution in [2.24, 2.45) is 5.73 Å². The molecule has 3 N–H and O–H groups in total. The van der Waals surface area contributed by atoms with E-state index in [-0.39, 0.29) is 6.04 Å². The van der Waals surface area contributed by atoms with Crippen molar-refractivity contribution >= 4 is 11.8 Å². The molecule has 0 aliphatic heterocycles. The van der Waals surface area contributed by atoms with E-state index in [1.807, 2.05) is 6.92 Å². The fourth-order valence-corrected chi connectivity index (χ4v) is 1.98. The summed E-state index contributed by atoms with van der Waals surface area (Å²) in [7, 11) is 0. The van der Waals surface area contributed by atoms with Crippen LogP contribution in [-0.4, -0.2) is 24.9 Å². The summed E-state index contributed by atoms with van der Waals surface area (Å²) in [6, 6.07) is 9.47. The molecule has 90 valence electrons. The molecule has 0 saturated carbocycles. The van der Waals surface area contributed by atoms with E-state index in [0.29, 0.717) is 6.04 Å². The molecule has 2 nitrogen and oxygen atoms in total. The molecule has 0 radical (unpaired) electrons. The minimum absolute atomic E-state index is 0.223. The van der Waals surface area contributed by atoms with Gasteiger partial charge in [-0.1, -0.05) is 12.1 Å². The van der Waals surface area contributed by atoms with E-state index in [4.69, 9.17) is 5.73 Å². The van der Waals surface area contributed by atoms with Gasteiger partial charge in [0.15, 0.2) is 0 Å². The van der Waals surface area contributed by atoms with Crippen molar-refractivity contribution < 1.29 is 0 Å². The van der Waals surface area contributed by atoms with Gasteiger partial charge in [-0.05, 0) is 44.2 Å². The van der Waals surface area contributed by atoms with Gasteiger partial charge in [0.2, 0.25) is 0 Å². The van der Waals surface area contributed by atoms with Gasteiger partial charge < -0.3 is 11.1 Å². The van der Waals surface area contributed by atoms with Crippen LogP contribution in [0, 0.1) is 0 Å². The smallest absolute Gasteiger partial charge is 0.0136 e. The maximum atomic E-state index is 5.71. The van der Waals surface area contributed by atoms with E-state index in [0.717, 1.165) is 13.0 Å². The monoisotopic (exact) mass is 238 g/mol. The van der Waals surface area contributed by atoms with Crippen LogP contribution >= 0.6 is 11.8 Å². The molecule has 0 spiro atoms. The van der Waals surface area contributed by atoms with Gasteiger partial charge in [-0.2, -0.15) is 0 Å². The van der Waals surface area contributed by atoms with Gasteiger partial charge in [0.1, 0.15) is 0 Å². The minimum atomic E-state index is 0.223. The quantitative estimate of drug-likeness (QED) is 0.747. The summed E-state index contributed by atoms with van der Waals surface area (Å²) in [4.78, 5) is 1.32. The van der Waals surface area contributed by atoms with Crippen LogP contribution in [0.4, 0.5) is 0 Å². The van der Waals surface area contributed by atoms with E-state index in [2.05, 4.69) is 42.8 Å². The molecule has 0 bridgehead atoms. The molecule has 1 aromatic rings. The average Bonchev–Trinajstić information content (AvgIpc) is 2.27. The largest absolute Gasteiger partial charge is 0.327 e. The van der Waals surface area contributed by atoms with Crippen LogP contribution in [0.3, 0.4) is 0 Å². The highest BCUT2D eigenvalue weighted by Crippen LogP contribution is 2.15. The number of rotatable bonds is 6. The van der Waals surface area contributed by atoms with Gasteiger partial charge in [0.05, 0.1) is 0 Å². The van der Waals surface area contributed by atoms with Crippen molar-refractivity contribution in [3.8, 4) is 0 Å². The Bertz CT molecular complexity index is 295. The van der Waals surface area contributed by atoms with E-state index in [1.165, 1.54) is 10.5 Å². The molecule has 0 heterocycles. The Morgan fingerprint density at radius 2 is 1.88 bits per heavy atom. The average molecular weight is 238 g/mol. The normalized spacial score (nSPS) is 14.8. The van der Waals surface area contributed by atoms with E-state index >= 15 is 0 Å². The lowest BCUT2D eigenvalue weighted by Crippen LogP contribution is -2.37. The molecular formula is C13H22N2S. The molecule has 0 aliphatic carbocycles. The second kappa shape index (κ2) is 6.94. The fraction of sp³-hybridized carbons (Fsp3) is 0.538. The fourth-order valence-electron chi connectivity index (χ4n) is 1.57. The Hall–Kier alpha value is -0.510. The lowest BCUT2D eigenvalue weighted by molar-refractivity contribution is 0.514. The van der Waals surface area contributed by atoms with Gasteiger partial charge in [0, 0.05) is 23.5 Å². The molecule has 3 heteroatoms. The number of nitrogens with two attached hydrogens (primary N) is 1. The molecule has 2 atom stereocenters. The van der Waals surface area contributed by atoms with E-state index in [1.54, 1.807) is 11.8 Å². The zero-order chi connectivity index (χ0) is 12.0. The highest BCUT2D eigenvalue weighted by molar-refractivity contribution is 7.98. The van der Waals surface area contributed by atoms with Gasteiger partial charge in [-0.25, -0.2) is 0 Å². The highest BCUT2D eigenvalue weighted by atomic mass is 32.2. The van der Waals surface area contributed by atoms with Crippen LogP contribution in [0.1, 0.15) is 19.4 Å². The highest BCUT2D eigenvalue weighted by Gasteiger charge is 2.03. The van der Waals surface area contributed by atoms with Crippen LogP contribution < -0.4 is 11.1 Å². The standard InChI is InChI=1S/C13H22N2S/c1-10(14)9-15-11(2)8-12-4-6-13(16-3)7-5-12/h4-7,10-11,15H,8-9,14H2,1-3H3. The lowest BCUT2D eigenvalue weighted by Gasteiger charge is -2.15. The molecule has 0 aliphatic rings. The van der Waals surface area contributed by atoms with Gasteiger partial charge in [0.25, 0.3) is 0 Å². The Morgan fingerprint density at radius 3 is 2.38 bits per heavy atom. The SMILES string of the molecule is CSc1ccc(CC(C)NCC(C)N)cc1. The minimum Gasteiger partial charge on any atom is -0.327 e. The third-order valence-electron chi connectivity index (χ3n) is 2.49. The molecular weight excluding hydrogens is 216 g/mol. The van der Waals surface area contributed by atoms with E-state index in [9.17, 15) is 0 Å². The summed E-state index contributed by atoms with van der Waals surface area (Å²) in [5.74, 6) is 0. The topological polar surface area (TPSA) is 38.0 Å². The number of nitrogens with one attached hydrogen (secondary N) is 1. The first-order chi connectivity index (χ1) is 7.61. The Labute approximate surface area is 103 Å². The van der Waals surface area contributed by atoms with Crippen LogP contribution in [-0.2, 0) is 6.42 Å². The molecule has 0 aromatic heterocycles. The summed E-state index contributed by atoms with van der Waals surface area (Å²) in [5, 5.41) is 3.43. The summed E-state index contributed by atoms with van der Waals surface area (Å²) < 4.78 is 0. The summed E-state index contributed by atoms with van der Waals surface area (Å²) in [5.41, 5.74) is 7.08. The second-order valence-electron chi connectivity index (χ2n) is 4.34. The second-order valence-corrected chi connectivity index (χ2v) is 5.22. The summed E-state index contributed by atoms with van der Waals surface area (Å²) >= 11 is 1.78. The predicted molar refractivity (Wildman–Crippen MR) is 73.0 cm³/mol. The predicted octanol–water partition coefficient (Wildman–Crippen LogP) is 2.28. The van der Waals surface area contributed by atoms with Crippen molar-refractivity contribution in [2.75, 3.05) is 12.8 Å². The van der Waals surface area contributed by atoms with E-state index < -0.39 is 0 Å². The number of benzene rings is 1. The van der Waals surface area contributed by atoms with Crippen LogP contribution in [0.2, 0.25) is 0 Å². The zero-order valence-electron chi connectivity index (χ0n) is 10.4. The molecule has 2 unspecified atom stereocenters. The van der Waals surface area contributed by atoms with Crippen LogP contribution in [0.5, 0.6) is 0 Å². The number of hydrogen-bond donors (Lipinski definition) is 2. The Morgan fingerprint density at radius 1 is 1.25 bits per heavy atom. The van der Waals surface area contributed by atoms with Crippen LogP contribution in [0.25, 0.3) is 0 Å². The molecule has 1 rings (SSSR count). The first kappa shape index (κ1) is 13.6. The maximum Gasteiger partial charge on any atom is 0.0136 e. The molecule has 1 aromatic carbocycles. The zero-order valence-corrected chi connectivity index (χ0v) is 11.2. The first-order valence-corrected chi connectivity index (χ1v) is 6.96. The molecule has 0 amide bonds. The number of hydrogen-bond acceptors (Lipinski definition) is 3. The van der Waals surface area contributed by atoms with Gasteiger partial charge in [-0.3, -0.25) is 0 Å². The number of thioether (sulfide) groups is 1. The molecule has 16 heavy (non-hydrogen) atoms. The lowest BCUT2D eigenvalue weighted by atomic mass is 10.1. The third-order valence-corrected chi connectivity index (χ3v) is 3.23. The Kier molecular flexibility index (Phi) is 5.88. The van der Waals surface area contributed by atoms with Crippen molar-refractivity contribution in [2.45, 2.75) is 37.2 Å². The third kappa shape index (κ3) is 5.01. The maximum absolute atomic E-state index is 5.71. The summed E-state index contributed by atoms with van der Waals surface area (Å²) in [6.45, 7) is 5.10. The van der Waals surface area contributed by atoms with Crippen molar-refractivity contribution in [1.29, 1.82) is 0 Å². The van der Waals surface area contributed by atoms with Gasteiger partial charge in [-0.15, -0.1) is 11.8 Å². The van der Waals surface area contributed by atoms with Crippen LogP contribution in [0.15, 0.2) is 29.2 Å². The first-order valence-electron chi connectivity index (χ1n) is 5.73. The summed E-state index contributed by atoms with van der Waals surface area (Å²) in [6.07, 6.45) is 3.16. The van der Waals surface area contributed by atoms with Crippen molar-refractivity contribution in [3.05, 3.63) is 29.8 Å². The van der Waals surface area contributed by atoms with Crippen molar-refractivity contribution in [1.82, 2.24) is 5.32 Å². The Balaban J connectivity index is 2.40. The van der Waals surface area contributed by atoms with Gasteiger partial charge >= 0.3 is 0 Å². The van der Waals surface area contributed by atoms with Crippen molar-refractivity contribution in [3.63, 3.8) is 0 Å². The molecule has 0 saturated heterocycles.